The molecule has 1 N–H and O–H groups in total. The smallest absolute Gasteiger partial charge is 0.231 e. The van der Waals surface area contributed by atoms with E-state index in [1.807, 2.05) is 19.0 Å². The molecule has 1 rings (SSSR count). The monoisotopic (exact) mass is 252 g/mol. The fourth-order valence-electron chi connectivity index (χ4n) is 1.50. The summed E-state index contributed by atoms with van der Waals surface area (Å²) in [4.78, 5) is 17.5. The van der Waals surface area contributed by atoms with Crippen LogP contribution in [0.1, 0.15) is 27.7 Å². The number of aromatic nitrogens is 3. The van der Waals surface area contributed by atoms with Crippen molar-refractivity contribution in [2.45, 2.75) is 33.7 Å². The van der Waals surface area contributed by atoms with Gasteiger partial charge in [0, 0.05) is 33.2 Å². The molecule has 1 heterocycles. The lowest BCUT2D eigenvalue weighted by molar-refractivity contribution is 0.719. The van der Waals surface area contributed by atoms with Crippen molar-refractivity contribution in [3.63, 3.8) is 0 Å². The molecule has 0 aromatic carbocycles. The van der Waals surface area contributed by atoms with Crippen LogP contribution in [0.5, 0.6) is 0 Å². The van der Waals surface area contributed by atoms with Gasteiger partial charge in [-0.25, -0.2) is 0 Å². The zero-order valence-corrected chi connectivity index (χ0v) is 12.2. The van der Waals surface area contributed by atoms with Crippen LogP contribution < -0.4 is 15.1 Å². The van der Waals surface area contributed by atoms with Crippen LogP contribution in [0, 0.1) is 0 Å². The van der Waals surface area contributed by atoms with Gasteiger partial charge in [0.2, 0.25) is 17.8 Å². The van der Waals surface area contributed by atoms with Gasteiger partial charge < -0.3 is 15.1 Å². The van der Waals surface area contributed by atoms with Gasteiger partial charge in [0.05, 0.1) is 0 Å². The fourth-order valence-corrected chi connectivity index (χ4v) is 1.50. The van der Waals surface area contributed by atoms with Gasteiger partial charge in [0.25, 0.3) is 0 Å². The second kappa shape index (κ2) is 6.37. The van der Waals surface area contributed by atoms with E-state index in [9.17, 15) is 0 Å². The van der Waals surface area contributed by atoms with Crippen LogP contribution in [0.4, 0.5) is 17.8 Å². The molecular weight excluding hydrogens is 228 g/mol. The van der Waals surface area contributed by atoms with E-state index in [1.54, 1.807) is 0 Å². The SMILES string of the molecule is CCN(CC)c1nc(NC)nc(N(C)C(C)C)n1. The quantitative estimate of drug-likeness (QED) is 0.830. The lowest BCUT2D eigenvalue weighted by Gasteiger charge is -2.24. The van der Waals surface area contributed by atoms with E-state index < -0.39 is 0 Å². The molecule has 0 aliphatic rings. The Morgan fingerprint density at radius 1 is 1.06 bits per heavy atom. The van der Waals surface area contributed by atoms with Gasteiger partial charge in [-0.3, -0.25) is 0 Å². The molecule has 18 heavy (non-hydrogen) atoms. The van der Waals surface area contributed by atoms with E-state index in [-0.39, 0.29) is 0 Å². The van der Waals surface area contributed by atoms with Crippen LogP contribution >= 0.6 is 0 Å². The van der Waals surface area contributed by atoms with Gasteiger partial charge >= 0.3 is 0 Å². The largest absolute Gasteiger partial charge is 0.357 e. The summed E-state index contributed by atoms with van der Waals surface area (Å²) >= 11 is 0. The Morgan fingerprint density at radius 2 is 1.61 bits per heavy atom. The number of rotatable bonds is 6. The maximum atomic E-state index is 4.53. The van der Waals surface area contributed by atoms with Gasteiger partial charge in [-0.05, 0) is 27.7 Å². The highest BCUT2D eigenvalue weighted by Gasteiger charge is 2.14. The van der Waals surface area contributed by atoms with Gasteiger partial charge in [-0.15, -0.1) is 0 Å². The van der Waals surface area contributed by atoms with Crippen LogP contribution in [0.3, 0.4) is 0 Å². The Bertz CT molecular complexity index is 355. The van der Waals surface area contributed by atoms with Gasteiger partial charge in [-0.1, -0.05) is 0 Å². The van der Waals surface area contributed by atoms with Gasteiger partial charge in [0.1, 0.15) is 0 Å². The second-order valence-corrected chi connectivity index (χ2v) is 4.39. The fraction of sp³-hybridized carbons (Fsp3) is 0.750. The van der Waals surface area contributed by atoms with Crippen molar-refractivity contribution in [1.82, 2.24) is 15.0 Å². The average molecular weight is 252 g/mol. The molecule has 0 saturated carbocycles. The Hall–Kier alpha value is -1.59. The summed E-state index contributed by atoms with van der Waals surface area (Å²) < 4.78 is 0. The molecule has 0 bridgehead atoms. The van der Waals surface area contributed by atoms with Crippen LogP contribution in [-0.2, 0) is 0 Å². The van der Waals surface area contributed by atoms with Crippen LogP contribution in [0.15, 0.2) is 0 Å². The lowest BCUT2D eigenvalue weighted by atomic mass is 10.4. The number of anilines is 3. The molecular formula is C12H24N6. The standard InChI is InChI=1S/C12H24N6/c1-7-18(8-2)12-15-10(13-5)14-11(16-12)17(6)9(3)4/h9H,7-8H2,1-6H3,(H,13,14,15,16). The predicted molar refractivity (Wildman–Crippen MR) is 76.5 cm³/mol. The topological polar surface area (TPSA) is 57.2 Å². The molecule has 0 unspecified atom stereocenters. The summed E-state index contributed by atoms with van der Waals surface area (Å²) in [6.07, 6.45) is 0. The van der Waals surface area contributed by atoms with Crippen LogP contribution in [0.2, 0.25) is 0 Å². The summed E-state index contributed by atoms with van der Waals surface area (Å²) in [5.74, 6) is 2.03. The van der Waals surface area contributed by atoms with E-state index in [0.29, 0.717) is 17.9 Å². The number of nitrogens with zero attached hydrogens (tertiary/aromatic N) is 5. The molecule has 1 aromatic rings. The third-order valence-electron chi connectivity index (χ3n) is 2.97. The summed E-state index contributed by atoms with van der Waals surface area (Å²) in [5, 5.41) is 2.99. The van der Waals surface area contributed by atoms with Gasteiger partial charge in [-0.2, -0.15) is 15.0 Å². The molecule has 0 atom stereocenters. The van der Waals surface area contributed by atoms with E-state index in [4.69, 9.17) is 0 Å². The van der Waals surface area contributed by atoms with Gasteiger partial charge in [0.15, 0.2) is 0 Å². The van der Waals surface area contributed by atoms with Crippen molar-refractivity contribution in [2.24, 2.45) is 0 Å². The summed E-state index contributed by atoms with van der Waals surface area (Å²) in [6.45, 7) is 10.2. The zero-order chi connectivity index (χ0) is 13.7. The lowest BCUT2D eigenvalue weighted by Crippen LogP contribution is -2.30. The van der Waals surface area contributed by atoms with E-state index in [0.717, 1.165) is 19.0 Å². The Labute approximate surface area is 109 Å². The molecule has 0 radical (unpaired) electrons. The molecule has 0 fully saturated rings. The minimum Gasteiger partial charge on any atom is -0.357 e. The van der Waals surface area contributed by atoms with Crippen molar-refractivity contribution in [2.75, 3.05) is 42.3 Å². The molecule has 1 aromatic heterocycles. The molecule has 0 amide bonds. The summed E-state index contributed by atoms with van der Waals surface area (Å²) in [6, 6.07) is 0.349. The highest BCUT2D eigenvalue weighted by Crippen LogP contribution is 2.16. The number of nitrogens with one attached hydrogen (secondary N) is 1. The molecule has 6 heteroatoms. The predicted octanol–water partition coefficient (Wildman–Crippen LogP) is 1.60. The highest BCUT2D eigenvalue weighted by molar-refractivity contribution is 5.44. The highest BCUT2D eigenvalue weighted by atomic mass is 15.4. The normalized spacial score (nSPS) is 10.6. The summed E-state index contributed by atoms with van der Waals surface area (Å²) in [7, 11) is 3.81. The first-order chi connectivity index (χ1) is 8.53. The average Bonchev–Trinajstić information content (AvgIpc) is 2.38. The first kappa shape index (κ1) is 14.5. The Balaban J connectivity index is 3.16. The molecule has 102 valence electrons. The minimum atomic E-state index is 0.349. The summed E-state index contributed by atoms with van der Waals surface area (Å²) in [5.41, 5.74) is 0. The van der Waals surface area contributed by atoms with E-state index in [1.165, 1.54) is 0 Å². The molecule has 0 aliphatic heterocycles. The van der Waals surface area contributed by atoms with Crippen molar-refractivity contribution < 1.29 is 0 Å². The first-order valence-corrected chi connectivity index (χ1v) is 6.45. The Kier molecular flexibility index (Phi) is 5.12. The van der Waals surface area contributed by atoms with Crippen LogP contribution in [0.25, 0.3) is 0 Å². The maximum absolute atomic E-state index is 4.53. The van der Waals surface area contributed by atoms with Crippen molar-refractivity contribution >= 4 is 17.8 Å². The molecule has 0 aliphatic carbocycles. The minimum absolute atomic E-state index is 0.349. The van der Waals surface area contributed by atoms with Crippen LogP contribution in [-0.4, -0.2) is 48.2 Å². The van der Waals surface area contributed by atoms with E-state index in [2.05, 4.69) is 52.9 Å². The molecule has 6 nitrogen and oxygen atoms in total. The molecule has 0 saturated heterocycles. The second-order valence-electron chi connectivity index (χ2n) is 4.39. The van der Waals surface area contributed by atoms with Crippen molar-refractivity contribution in [3.05, 3.63) is 0 Å². The Morgan fingerprint density at radius 3 is 2.06 bits per heavy atom. The van der Waals surface area contributed by atoms with E-state index >= 15 is 0 Å². The third kappa shape index (κ3) is 3.21. The maximum Gasteiger partial charge on any atom is 0.231 e. The first-order valence-electron chi connectivity index (χ1n) is 6.45. The van der Waals surface area contributed by atoms with Crippen molar-refractivity contribution in [3.8, 4) is 0 Å². The molecule has 0 spiro atoms. The van der Waals surface area contributed by atoms with Crippen molar-refractivity contribution in [1.29, 1.82) is 0 Å². The number of hydrogen-bond donors (Lipinski definition) is 1. The number of hydrogen-bond acceptors (Lipinski definition) is 6. The zero-order valence-electron chi connectivity index (χ0n) is 12.2. The third-order valence-corrected chi connectivity index (χ3v) is 2.97.